The lowest BCUT2D eigenvalue weighted by atomic mass is 10.0. The van der Waals surface area contributed by atoms with Gasteiger partial charge in [-0.05, 0) is 62.4 Å². The van der Waals surface area contributed by atoms with Crippen LogP contribution in [-0.2, 0) is 25.9 Å². The zero-order chi connectivity index (χ0) is 22.1. The number of ether oxygens (including phenoxy) is 1. The van der Waals surface area contributed by atoms with E-state index in [0.717, 1.165) is 47.9 Å². The fourth-order valence-corrected chi connectivity index (χ4v) is 5.60. The molecule has 1 aliphatic rings. The Kier molecular flexibility index (Phi) is 5.70. The highest BCUT2D eigenvalue weighted by atomic mass is 32.1. The summed E-state index contributed by atoms with van der Waals surface area (Å²) in [6.07, 6.45) is 4.38. The lowest BCUT2D eigenvalue weighted by Crippen LogP contribution is -2.25. The van der Waals surface area contributed by atoms with Gasteiger partial charge in [-0.25, -0.2) is 4.98 Å². The van der Waals surface area contributed by atoms with Crippen LogP contribution in [0.5, 0.6) is 5.75 Å². The van der Waals surface area contributed by atoms with Crippen molar-refractivity contribution < 1.29 is 4.74 Å². The van der Waals surface area contributed by atoms with Crippen LogP contribution in [0.3, 0.4) is 0 Å². The average Bonchev–Trinajstić information content (AvgIpc) is 3.18. The molecule has 0 saturated carbocycles. The number of benzene rings is 2. The molecule has 0 amide bonds. The van der Waals surface area contributed by atoms with Crippen LogP contribution in [0, 0.1) is 6.92 Å². The van der Waals surface area contributed by atoms with Gasteiger partial charge in [-0.2, -0.15) is 0 Å². The molecule has 0 atom stereocenters. The second kappa shape index (κ2) is 8.79. The molecule has 2 heterocycles. The van der Waals surface area contributed by atoms with Crippen molar-refractivity contribution in [3.8, 4) is 5.75 Å². The molecule has 0 fully saturated rings. The van der Waals surface area contributed by atoms with Gasteiger partial charge in [-0.15, -0.1) is 11.3 Å². The van der Waals surface area contributed by atoms with Crippen LogP contribution in [0.25, 0.3) is 4.96 Å². The number of anilines is 1. The summed E-state index contributed by atoms with van der Waals surface area (Å²) < 4.78 is 7.13. The molecule has 2 aromatic carbocycles. The Bertz CT molecular complexity index is 1290. The van der Waals surface area contributed by atoms with E-state index in [1.54, 1.807) is 24.5 Å². The summed E-state index contributed by atoms with van der Waals surface area (Å²) in [5, 5.41) is 0. The molecule has 0 N–H and O–H groups in total. The molecule has 0 saturated heterocycles. The van der Waals surface area contributed by atoms with Crippen molar-refractivity contribution in [2.24, 2.45) is 0 Å². The fraction of sp³-hybridized carbons (Fsp3) is 0.308. The van der Waals surface area contributed by atoms with Gasteiger partial charge in [0.15, 0.2) is 4.96 Å². The molecule has 0 spiro atoms. The molecule has 164 valence electrons. The lowest BCUT2D eigenvalue weighted by Gasteiger charge is -2.25. The first-order chi connectivity index (χ1) is 15.6. The molecule has 5 rings (SSSR count). The predicted octanol–water partition coefficient (Wildman–Crippen LogP) is 5.16. The number of hydrogen-bond donors (Lipinski definition) is 0. The molecule has 0 radical (unpaired) electrons. The van der Waals surface area contributed by atoms with Crippen LogP contribution < -0.4 is 15.2 Å². The summed E-state index contributed by atoms with van der Waals surface area (Å²) in [6, 6.07) is 18.3. The number of hydrogen-bond acceptors (Lipinski definition) is 5. The van der Waals surface area contributed by atoms with Crippen LogP contribution in [0.1, 0.15) is 40.2 Å². The normalized spacial score (nSPS) is 13.2. The average molecular weight is 446 g/mol. The van der Waals surface area contributed by atoms with Crippen LogP contribution in [0.2, 0.25) is 0 Å². The van der Waals surface area contributed by atoms with Crippen LogP contribution in [-0.4, -0.2) is 16.5 Å². The highest BCUT2D eigenvalue weighted by Crippen LogP contribution is 2.29. The molecule has 1 aliphatic carbocycles. The Hall–Kier alpha value is -3.12. The maximum Gasteiger partial charge on any atom is 0.259 e. The Balaban J connectivity index is 1.49. The van der Waals surface area contributed by atoms with Crippen LogP contribution >= 0.6 is 11.3 Å². The Morgan fingerprint density at radius 3 is 2.53 bits per heavy atom. The van der Waals surface area contributed by atoms with Crippen molar-refractivity contribution in [1.29, 1.82) is 0 Å². The fourth-order valence-electron chi connectivity index (χ4n) is 4.36. The number of nitrogens with zero attached hydrogens (tertiary/aromatic N) is 3. The maximum atomic E-state index is 13.0. The number of rotatable bonds is 6. The van der Waals surface area contributed by atoms with Gasteiger partial charge in [-0.3, -0.25) is 9.20 Å². The van der Waals surface area contributed by atoms with E-state index in [4.69, 9.17) is 9.72 Å². The number of fused-ring (bicyclic) bond motifs is 3. The van der Waals surface area contributed by atoms with Gasteiger partial charge < -0.3 is 9.64 Å². The van der Waals surface area contributed by atoms with E-state index < -0.39 is 0 Å². The summed E-state index contributed by atoms with van der Waals surface area (Å²) >= 11 is 1.68. The summed E-state index contributed by atoms with van der Waals surface area (Å²) in [6.45, 7) is 3.38. The third kappa shape index (κ3) is 4.15. The third-order valence-electron chi connectivity index (χ3n) is 6.10. The molecule has 0 unspecified atom stereocenters. The van der Waals surface area contributed by atoms with E-state index in [2.05, 4.69) is 48.2 Å². The highest BCUT2D eigenvalue weighted by Gasteiger charge is 2.19. The molecule has 32 heavy (non-hydrogen) atoms. The third-order valence-corrected chi connectivity index (χ3v) is 7.24. The molecule has 5 nitrogen and oxygen atoms in total. The molecule has 4 aromatic rings. The van der Waals surface area contributed by atoms with Crippen molar-refractivity contribution >= 4 is 22.0 Å². The van der Waals surface area contributed by atoms with Crippen molar-refractivity contribution in [2.45, 2.75) is 45.7 Å². The summed E-state index contributed by atoms with van der Waals surface area (Å²) in [7, 11) is 1.68. The lowest BCUT2D eigenvalue weighted by molar-refractivity contribution is 0.414. The SMILES string of the molecule is COc1ccc(CN(Cc2cc(=O)n3c4c(sc3n2)CCCC4)c2ccc(C)cc2)cc1. The Labute approximate surface area is 191 Å². The molecule has 6 heteroatoms. The molecule has 0 aliphatic heterocycles. The monoisotopic (exact) mass is 445 g/mol. The molecular weight excluding hydrogens is 418 g/mol. The van der Waals surface area contributed by atoms with Crippen LogP contribution in [0.15, 0.2) is 59.4 Å². The molecular formula is C26H27N3O2S. The number of methoxy groups -OCH3 is 1. The van der Waals surface area contributed by atoms with Gasteiger partial charge in [0, 0.05) is 28.9 Å². The minimum absolute atomic E-state index is 0.0395. The van der Waals surface area contributed by atoms with E-state index in [1.165, 1.54) is 28.1 Å². The van der Waals surface area contributed by atoms with E-state index in [9.17, 15) is 4.79 Å². The van der Waals surface area contributed by atoms with Crippen molar-refractivity contribution in [2.75, 3.05) is 12.0 Å². The first-order valence-corrected chi connectivity index (χ1v) is 11.9. The van der Waals surface area contributed by atoms with Gasteiger partial charge in [0.05, 0.1) is 19.3 Å². The first kappa shape index (κ1) is 20.8. The summed E-state index contributed by atoms with van der Waals surface area (Å²) in [5.41, 5.74) is 5.53. The van der Waals surface area contributed by atoms with Gasteiger partial charge in [-0.1, -0.05) is 29.8 Å². The largest absolute Gasteiger partial charge is 0.497 e. The summed E-state index contributed by atoms with van der Waals surface area (Å²) in [5.74, 6) is 0.845. The minimum atomic E-state index is 0.0395. The van der Waals surface area contributed by atoms with E-state index in [0.29, 0.717) is 6.54 Å². The van der Waals surface area contributed by atoms with E-state index >= 15 is 0 Å². The highest BCUT2D eigenvalue weighted by molar-refractivity contribution is 7.17. The number of aryl methyl sites for hydroxylation is 3. The smallest absolute Gasteiger partial charge is 0.259 e. The first-order valence-electron chi connectivity index (χ1n) is 11.1. The molecule has 0 bridgehead atoms. The van der Waals surface area contributed by atoms with Gasteiger partial charge in [0.2, 0.25) is 0 Å². The Morgan fingerprint density at radius 1 is 1.03 bits per heavy atom. The topological polar surface area (TPSA) is 46.8 Å². The second-order valence-corrected chi connectivity index (χ2v) is 9.48. The second-order valence-electron chi connectivity index (χ2n) is 8.42. The summed E-state index contributed by atoms with van der Waals surface area (Å²) in [4.78, 5) is 22.4. The zero-order valence-electron chi connectivity index (χ0n) is 18.5. The van der Waals surface area contributed by atoms with Crippen molar-refractivity contribution in [1.82, 2.24) is 9.38 Å². The Morgan fingerprint density at radius 2 is 1.78 bits per heavy atom. The predicted molar refractivity (Wildman–Crippen MR) is 130 cm³/mol. The van der Waals surface area contributed by atoms with E-state index in [1.807, 2.05) is 16.5 Å². The number of aromatic nitrogens is 2. The van der Waals surface area contributed by atoms with Crippen molar-refractivity contribution in [3.05, 3.63) is 92.3 Å². The zero-order valence-corrected chi connectivity index (χ0v) is 19.3. The van der Waals surface area contributed by atoms with Crippen LogP contribution in [0.4, 0.5) is 5.69 Å². The van der Waals surface area contributed by atoms with Gasteiger partial charge >= 0.3 is 0 Å². The quantitative estimate of drug-likeness (QED) is 0.411. The van der Waals surface area contributed by atoms with Gasteiger partial charge in [0.1, 0.15) is 5.75 Å². The minimum Gasteiger partial charge on any atom is -0.497 e. The maximum absolute atomic E-state index is 13.0. The standard InChI is InChI=1S/C26H27N3O2S/c1-18-7-11-21(12-8-18)28(16-19-9-13-22(31-2)14-10-19)17-20-15-25(30)29-23-5-3-4-6-24(23)32-26(29)27-20/h7-15H,3-6,16-17H2,1-2H3. The van der Waals surface area contributed by atoms with E-state index in [-0.39, 0.29) is 5.56 Å². The van der Waals surface area contributed by atoms with Gasteiger partial charge in [0.25, 0.3) is 5.56 Å². The number of thiazole rings is 1. The van der Waals surface area contributed by atoms with Crippen molar-refractivity contribution in [3.63, 3.8) is 0 Å². The molecule has 2 aromatic heterocycles.